The summed E-state index contributed by atoms with van der Waals surface area (Å²) in [7, 11) is 0. The fraction of sp³-hybridized carbons (Fsp3) is 0.267. The van der Waals surface area contributed by atoms with Gasteiger partial charge in [-0.25, -0.2) is 23.3 Å². The molecule has 0 atom stereocenters. The van der Waals surface area contributed by atoms with Crippen molar-refractivity contribution >= 4 is 6.88 Å². The summed E-state index contributed by atoms with van der Waals surface area (Å²) in [5.74, 6) is -0.337. The number of hydrogen-bond donors (Lipinski definition) is 2. The summed E-state index contributed by atoms with van der Waals surface area (Å²) in [5, 5.41) is 17.3. The number of hydrogen-bond acceptors (Lipinski definition) is 2. The third kappa shape index (κ3) is 17.4. The molecule has 0 bridgehead atoms. The summed E-state index contributed by atoms with van der Waals surface area (Å²) in [6.07, 6.45) is 3.79. The van der Waals surface area contributed by atoms with E-state index >= 15 is 0 Å². The molecule has 4 rings (SSSR count). The number of allylic oxidation sites excluding steroid dienone is 8. The summed E-state index contributed by atoms with van der Waals surface area (Å²) in [6, 6.07) is 7.33. The number of phenolic OH excluding ortho intramolecular Hbond substituents is 2. The zero-order valence-electron chi connectivity index (χ0n) is 23.6. The van der Waals surface area contributed by atoms with Crippen LogP contribution in [0.25, 0.3) is 0 Å². The van der Waals surface area contributed by atoms with Crippen molar-refractivity contribution in [3.63, 3.8) is 0 Å². The molecule has 0 aliphatic heterocycles. The molecule has 0 amide bonds. The van der Waals surface area contributed by atoms with E-state index in [4.69, 9.17) is 10.2 Å². The summed E-state index contributed by atoms with van der Waals surface area (Å²) >= 11 is 1.58. The minimum atomic E-state index is -4.33. The van der Waals surface area contributed by atoms with Crippen molar-refractivity contribution in [2.24, 2.45) is 0 Å². The van der Waals surface area contributed by atoms with Gasteiger partial charge in [0.25, 0.3) is 0 Å². The molecule has 0 aromatic heterocycles. The van der Waals surface area contributed by atoms with Crippen molar-refractivity contribution in [2.45, 2.75) is 52.9 Å². The topological polar surface area (TPSA) is 40.5 Å². The van der Waals surface area contributed by atoms with Crippen LogP contribution in [0.4, 0.5) is 26.3 Å². The van der Waals surface area contributed by atoms with E-state index in [9.17, 15) is 26.3 Å². The Bertz CT molecular complexity index is 1030. The van der Waals surface area contributed by atoms with Gasteiger partial charge in [0.15, 0.2) is 0 Å². The van der Waals surface area contributed by atoms with E-state index in [2.05, 4.69) is 52.0 Å². The predicted octanol–water partition coefficient (Wildman–Crippen LogP) is 8.98. The first-order valence-corrected chi connectivity index (χ1v) is 17.1. The van der Waals surface area contributed by atoms with Gasteiger partial charge < -0.3 is 25.1 Å². The van der Waals surface area contributed by atoms with Crippen LogP contribution in [-0.4, -0.2) is 17.1 Å². The molecule has 0 fully saturated rings. The monoisotopic (exact) mass is 660 g/mol. The van der Waals surface area contributed by atoms with Crippen molar-refractivity contribution < 1.29 is 59.9 Å². The van der Waals surface area contributed by atoms with Crippen LogP contribution >= 0.6 is 0 Å². The van der Waals surface area contributed by atoms with E-state index in [1.807, 2.05) is 6.88 Å². The Morgan fingerprint density at radius 1 is 0.600 bits per heavy atom. The Kier molecular flexibility index (Phi) is 21.6. The number of benzene rings is 2. The van der Waals surface area contributed by atoms with Gasteiger partial charge in [-0.2, -0.15) is 37.5 Å². The van der Waals surface area contributed by atoms with E-state index < -0.39 is 23.5 Å². The second-order valence-electron chi connectivity index (χ2n) is 8.07. The second kappa shape index (κ2) is 20.5. The quantitative estimate of drug-likeness (QED) is 0.168. The molecule has 0 unspecified atom stereocenters. The maximum absolute atomic E-state index is 11.8. The molecule has 0 heterocycles. The van der Waals surface area contributed by atoms with Crippen molar-refractivity contribution in [3.05, 3.63) is 121 Å². The Morgan fingerprint density at radius 2 is 0.850 bits per heavy atom. The SMILES string of the molecule is CC1=C(C)C[C-]=C1.CC1=C(C)C[C-]=C1.Oc1ccc(C(F)(F)F)cc1.Oc1ccc(C(F)(F)F)cc1.[CH3-].[CH3-].[SiH2]=[Zr]. The molecule has 0 saturated heterocycles. The summed E-state index contributed by atoms with van der Waals surface area (Å²) < 4.78 is 71.0. The van der Waals surface area contributed by atoms with E-state index in [0.717, 1.165) is 61.4 Å². The van der Waals surface area contributed by atoms with E-state index in [0.29, 0.717) is 0 Å². The van der Waals surface area contributed by atoms with Crippen LogP contribution < -0.4 is 0 Å². The molecule has 0 saturated carbocycles. The van der Waals surface area contributed by atoms with Gasteiger partial charge in [0.05, 0.1) is 11.1 Å². The van der Waals surface area contributed by atoms with Gasteiger partial charge in [0, 0.05) is 0 Å². The number of rotatable bonds is 0. The molecule has 2 aliphatic rings. The second-order valence-corrected chi connectivity index (χ2v) is 8.07. The van der Waals surface area contributed by atoms with E-state index in [1.165, 1.54) is 22.3 Å². The molecular weight excluding hydrogens is 626 g/mol. The number of phenols is 2. The van der Waals surface area contributed by atoms with Gasteiger partial charge in [-0.15, -0.1) is 26.7 Å². The van der Waals surface area contributed by atoms with Crippen LogP contribution in [0, 0.1) is 27.0 Å². The predicted molar refractivity (Wildman–Crippen MR) is 149 cm³/mol. The van der Waals surface area contributed by atoms with Gasteiger partial charge in [0.1, 0.15) is 11.5 Å². The number of alkyl halides is 6. The molecule has 0 radical (unpaired) electrons. The van der Waals surface area contributed by atoms with Crippen LogP contribution in [-0.2, 0) is 35.7 Å². The van der Waals surface area contributed by atoms with Crippen LogP contribution in [0.15, 0.2) is 83.0 Å². The normalized spacial score (nSPS) is 13.1. The summed E-state index contributed by atoms with van der Waals surface area (Å²) in [6.45, 7) is 10.5. The molecule has 2 aromatic rings. The third-order valence-corrected chi connectivity index (χ3v) is 5.11. The summed E-state index contributed by atoms with van der Waals surface area (Å²) in [5.41, 5.74) is 4.19. The van der Waals surface area contributed by atoms with Gasteiger partial charge in [0.2, 0.25) is 0 Å². The van der Waals surface area contributed by atoms with Crippen LogP contribution in [0.3, 0.4) is 0 Å². The fourth-order valence-corrected chi connectivity index (χ4v) is 2.54. The van der Waals surface area contributed by atoms with Crippen molar-refractivity contribution in [1.29, 1.82) is 0 Å². The average molecular weight is 662 g/mol. The zero-order chi connectivity index (χ0) is 29.5. The standard InChI is InChI=1S/2C7H5F3O.2C7H9.2CH3.H2Si.Zr/c2*8-7(9,10)5-1-3-6(11)4-2-5;2*1-6-4-3-5-7(6)2;;;;/h2*1-4,11H;2*4H,5H2,1-2H3;2*1H3;1H2;/q;;4*-1;;. The first-order chi connectivity index (χ1) is 17.6. The van der Waals surface area contributed by atoms with Gasteiger partial charge >= 0.3 is 42.6 Å². The van der Waals surface area contributed by atoms with Gasteiger partial charge in [-0.1, -0.05) is 13.8 Å². The molecule has 40 heavy (non-hydrogen) atoms. The zero-order valence-corrected chi connectivity index (χ0v) is 27.4. The Labute approximate surface area is 251 Å². The summed E-state index contributed by atoms with van der Waals surface area (Å²) in [4.78, 5) is 0. The molecule has 2 nitrogen and oxygen atoms in total. The van der Waals surface area contributed by atoms with Crippen molar-refractivity contribution in [1.82, 2.24) is 0 Å². The van der Waals surface area contributed by atoms with Crippen LogP contribution in [0.2, 0.25) is 0 Å². The van der Waals surface area contributed by atoms with Crippen molar-refractivity contribution in [2.75, 3.05) is 0 Å². The molecule has 2 N–H and O–H groups in total. The van der Waals surface area contributed by atoms with E-state index in [1.54, 1.807) is 23.3 Å². The van der Waals surface area contributed by atoms with Gasteiger partial charge in [-0.05, 0) is 48.5 Å². The van der Waals surface area contributed by atoms with E-state index in [-0.39, 0.29) is 26.4 Å². The first kappa shape index (κ1) is 42.2. The molecular formula is C30H36F6O2SiZr-4. The molecule has 2 aliphatic carbocycles. The number of halogens is 6. The molecule has 10 heteroatoms. The first-order valence-electron chi connectivity index (χ1n) is 11.1. The Balaban J connectivity index is -0.000000447. The molecule has 2 aromatic carbocycles. The average Bonchev–Trinajstić information content (AvgIpc) is 3.41. The maximum atomic E-state index is 11.8. The number of aromatic hydroxyl groups is 2. The van der Waals surface area contributed by atoms with Gasteiger partial charge in [-0.3, -0.25) is 12.2 Å². The molecule has 222 valence electrons. The Hall–Kier alpha value is -2.32. The van der Waals surface area contributed by atoms with Crippen LogP contribution in [0.1, 0.15) is 51.7 Å². The Morgan fingerprint density at radius 3 is 0.975 bits per heavy atom. The third-order valence-electron chi connectivity index (χ3n) is 5.11. The fourth-order valence-electron chi connectivity index (χ4n) is 2.54. The van der Waals surface area contributed by atoms with Crippen LogP contribution in [0.5, 0.6) is 11.5 Å². The molecule has 0 spiro atoms. The van der Waals surface area contributed by atoms with Crippen molar-refractivity contribution in [3.8, 4) is 11.5 Å². The minimum absolute atomic E-state index is 0.